The SMILES string of the molecule is C[C@@H](C(=O)Nc1ccc(C#N)cc1)n1cc([N+](=O)[O-])cn1. The molecule has 21 heavy (non-hydrogen) atoms. The molecule has 0 saturated carbocycles. The highest BCUT2D eigenvalue weighted by Gasteiger charge is 2.19. The van der Waals surface area contributed by atoms with Gasteiger partial charge in [0, 0.05) is 5.69 Å². The van der Waals surface area contributed by atoms with Gasteiger partial charge in [-0.05, 0) is 31.2 Å². The molecule has 1 aromatic heterocycles. The van der Waals surface area contributed by atoms with Crippen LogP contribution in [0.3, 0.4) is 0 Å². The van der Waals surface area contributed by atoms with E-state index in [-0.39, 0.29) is 11.6 Å². The molecule has 0 radical (unpaired) electrons. The molecule has 0 aliphatic heterocycles. The van der Waals surface area contributed by atoms with Crippen LogP contribution >= 0.6 is 0 Å². The van der Waals surface area contributed by atoms with E-state index in [2.05, 4.69) is 10.4 Å². The summed E-state index contributed by atoms with van der Waals surface area (Å²) in [4.78, 5) is 22.0. The zero-order valence-electron chi connectivity index (χ0n) is 11.1. The topological polar surface area (TPSA) is 114 Å². The Bertz CT molecular complexity index is 714. The minimum absolute atomic E-state index is 0.173. The van der Waals surface area contributed by atoms with Gasteiger partial charge in [-0.15, -0.1) is 0 Å². The number of amides is 1. The fraction of sp³-hybridized carbons (Fsp3) is 0.154. The van der Waals surface area contributed by atoms with Crippen molar-refractivity contribution in [1.29, 1.82) is 5.26 Å². The molecular weight excluding hydrogens is 274 g/mol. The second kappa shape index (κ2) is 5.83. The summed E-state index contributed by atoms with van der Waals surface area (Å²) in [5.74, 6) is -0.363. The first-order chi connectivity index (χ1) is 10.0. The highest BCUT2D eigenvalue weighted by atomic mass is 16.6. The zero-order chi connectivity index (χ0) is 15.4. The van der Waals surface area contributed by atoms with Crippen LogP contribution in [0.2, 0.25) is 0 Å². The van der Waals surface area contributed by atoms with E-state index in [1.54, 1.807) is 31.2 Å². The Morgan fingerprint density at radius 3 is 2.67 bits per heavy atom. The first-order valence-corrected chi connectivity index (χ1v) is 6.01. The van der Waals surface area contributed by atoms with Gasteiger partial charge in [0.05, 0.1) is 16.6 Å². The number of hydrogen-bond donors (Lipinski definition) is 1. The fourth-order valence-corrected chi connectivity index (χ4v) is 1.63. The van der Waals surface area contributed by atoms with E-state index in [0.29, 0.717) is 11.3 Å². The second-order valence-electron chi connectivity index (χ2n) is 4.29. The maximum absolute atomic E-state index is 12.0. The fourth-order valence-electron chi connectivity index (χ4n) is 1.63. The van der Waals surface area contributed by atoms with Crippen LogP contribution in [-0.4, -0.2) is 20.6 Å². The van der Waals surface area contributed by atoms with E-state index >= 15 is 0 Å². The van der Waals surface area contributed by atoms with Crippen molar-refractivity contribution in [2.24, 2.45) is 0 Å². The molecule has 1 atom stereocenters. The maximum atomic E-state index is 12.0. The van der Waals surface area contributed by atoms with Crippen LogP contribution in [-0.2, 0) is 4.79 Å². The normalized spacial score (nSPS) is 11.4. The molecule has 0 saturated heterocycles. The van der Waals surface area contributed by atoms with E-state index in [4.69, 9.17) is 5.26 Å². The lowest BCUT2D eigenvalue weighted by molar-refractivity contribution is -0.385. The van der Waals surface area contributed by atoms with Crippen molar-refractivity contribution in [2.75, 3.05) is 5.32 Å². The standard InChI is InChI=1S/C13H11N5O3/c1-9(17-8-12(7-15-17)18(20)21)13(19)16-11-4-2-10(6-14)3-5-11/h2-5,7-9H,1H3,(H,16,19)/t9-/m0/s1. The summed E-state index contributed by atoms with van der Waals surface area (Å²) in [7, 11) is 0. The van der Waals surface area contributed by atoms with E-state index in [9.17, 15) is 14.9 Å². The summed E-state index contributed by atoms with van der Waals surface area (Å²) in [6.45, 7) is 1.58. The number of carbonyl (C=O) groups is 1. The predicted octanol–water partition coefficient (Wildman–Crippen LogP) is 1.86. The molecule has 1 amide bonds. The Morgan fingerprint density at radius 2 is 2.14 bits per heavy atom. The number of rotatable bonds is 4. The summed E-state index contributed by atoms with van der Waals surface area (Å²) in [5, 5.41) is 25.7. The molecule has 1 N–H and O–H groups in total. The monoisotopic (exact) mass is 285 g/mol. The van der Waals surface area contributed by atoms with Crippen molar-refractivity contribution in [3.63, 3.8) is 0 Å². The molecule has 106 valence electrons. The molecule has 8 heteroatoms. The van der Waals surface area contributed by atoms with Crippen molar-refractivity contribution < 1.29 is 9.72 Å². The van der Waals surface area contributed by atoms with Crippen molar-refractivity contribution in [1.82, 2.24) is 9.78 Å². The summed E-state index contributed by atoms with van der Waals surface area (Å²) in [5.41, 5.74) is 0.851. The minimum atomic E-state index is -0.700. The zero-order valence-corrected chi connectivity index (χ0v) is 11.1. The molecule has 1 heterocycles. The number of hydrogen-bond acceptors (Lipinski definition) is 5. The number of aromatic nitrogens is 2. The van der Waals surface area contributed by atoms with Gasteiger partial charge in [-0.3, -0.25) is 19.6 Å². The molecule has 2 aromatic rings. The number of benzene rings is 1. The largest absolute Gasteiger partial charge is 0.324 e. The molecule has 0 aliphatic carbocycles. The van der Waals surface area contributed by atoms with E-state index < -0.39 is 11.0 Å². The Morgan fingerprint density at radius 1 is 1.48 bits per heavy atom. The Balaban J connectivity index is 2.07. The Hall–Kier alpha value is -3.21. The third-order valence-corrected chi connectivity index (χ3v) is 2.86. The van der Waals surface area contributed by atoms with Crippen LogP contribution in [0.15, 0.2) is 36.7 Å². The van der Waals surface area contributed by atoms with Crippen LogP contribution in [0, 0.1) is 21.4 Å². The summed E-state index contributed by atoms with van der Waals surface area (Å²) in [6.07, 6.45) is 2.29. The van der Waals surface area contributed by atoms with E-state index in [1.807, 2.05) is 6.07 Å². The molecule has 0 unspecified atom stereocenters. The Kier molecular flexibility index (Phi) is 3.95. The molecule has 0 fully saturated rings. The first kappa shape index (κ1) is 14.2. The number of nitrogens with one attached hydrogen (secondary N) is 1. The average molecular weight is 285 g/mol. The van der Waals surface area contributed by atoms with Gasteiger partial charge in [0.25, 0.3) is 0 Å². The number of anilines is 1. The minimum Gasteiger partial charge on any atom is -0.324 e. The van der Waals surface area contributed by atoms with Crippen LogP contribution in [0.5, 0.6) is 0 Å². The second-order valence-corrected chi connectivity index (χ2v) is 4.29. The van der Waals surface area contributed by atoms with Crippen molar-refractivity contribution in [2.45, 2.75) is 13.0 Å². The van der Waals surface area contributed by atoms with Crippen LogP contribution in [0.25, 0.3) is 0 Å². The van der Waals surface area contributed by atoms with Gasteiger partial charge in [-0.1, -0.05) is 0 Å². The van der Waals surface area contributed by atoms with Crippen molar-refractivity contribution in [3.8, 4) is 6.07 Å². The predicted molar refractivity (Wildman–Crippen MR) is 73.4 cm³/mol. The smallest absolute Gasteiger partial charge is 0.307 e. The van der Waals surface area contributed by atoms with Gasteiger partial charge in [0.2, 0.25) is 5.91 Å². The number of nitro groups is 1. The highest BCUT2D eigenvalue weighted by molar-refractivity contribution is 5.93. The first-order valence-electron chi connectivity index (χ1n) is 6.01. The van der Waals surface area contributed by atoms with Gasteiger partial charge in [0.15, 0.2) is 0 Å². The van der Waals surface area contributed by atoms with Gasteiger partial charge in [0.1, 0.15) is 18.4 Å². The third kappa shape index (κ3) is 3.22. The van der Waals surface area contributed by atoms with Gasteiger partial charge in [-0.2, -0.15) is 10.4 Å². The van der Waals surface area contributed by atoms with E-state index in [1.165, 1.54) is 10.9 Å². The molecule has 8 nitrogen and oxygen atoms in total. The molecule has 0 spiro atoms. The average Bonchev–Trinajstić information content (AvgIpc) is 2.97. The van der Waals surface area contributed by atoms with Crippen LogP contribution < -0.4 is 5.32 Å². The van der Waals surface area contributed by atoms with Crippen LogP contribution in [0.1, 0.15) is 18.5 Å². The van der Waals surface area contributed by atoms with Gasteiger partial charge >= 0.3 is 5.69 Å². The quantitative estimate of drug-likeness (QED) is 0.680. The lowest BCUT2D eigenvalue weighted by Crippen LogP contribution is -2.23. The van der Waals surface area contributed by atoms with E-state index in [0.717, 1.165) is 6.20 Å². The summed E-state index contributed by atoms with van der Waals surface area (Å²) >= 11 is 0. The lowest BCUT2D eigenvalue weighted by Gasteiger charge is -2.12. The van der Waals surface area contributed by atoms with Gasteiger partial charge in [-0.25, -0.2) is 0 Å². The number of nitriles is 1. The molecule has 1 aromatic carbocycles. The molecule has 2 rings (SSSR count). The molecular formula is C13H11N5O3. The molecule has 0 aliphatic rings. The summed E-state index contributed by atoms with van der Waals surface area (Å²) in [6, 6.07) is 7.66. The number of carbonyl (C=O) groups excluding carboxylic acids is 1. The maximum Gasteiger partial charge on any atom is 0.307 e. The number of nitrogens with zero attached hydrogens (tertiary/aromatic N) is 4. The van der Waals surface area contributed by atoms with Crippen LogP contribution in [0.4, 0.5) is 11.4 Å². The van der Waals surface area contributed by atoms with Crippen molar-refractivity contribution >= 4 is 17.3 Å². The van der Waals surface area contributed by atoms with Gasteiger partial charge < -0.3 is 5.32 Å². The summed E-state index contributed by atoms with van der Waals surface area (Å²) < 4.78 is 1.22. The molecule has 0 bridgehead atoms. The third-order valence-electron chi connectivity index (χ3n) is 2.86. The Labute approximate surface area is 119 Å². The highest BCUT2D eigenvalue weighted by Crippen LogP contribution is 2.15. The lowest BCUT2D eigenvalue weighted by atomic mass is 10.2. The van der Waals surface area contributed by atoms with Crippen molar-refractivity contribution in [3.05, 3.63) is 52.3 Å².